The SMILES string of the molecule is CC(=CCCO)C(=O)OC1(CN=C=O)CC(C)CC(C)(C)C1.N#CO. The maximum atomic E-state index is 12.3. The van der Waals surface area contributed by atoms with E-state index in [0.29, 0.717) is 30.8 Å². The van der Waals surface area contributed by atoms with Crippen LogP contribution >= 0.6 is 0 Å². The van der Waals surface area contributed by atoms with E-state index in [1.807, 2.05) is 0 Å². The third kappa shape index (κ3) is 8.48. The lowest BCUT2D eigenvalue weighted by Gasteiger charge is -2.46. The molecule has 0 aliphatic heterocycles. The summed E-state index contributed by atoms with van der Waals surface area (Å²) in [6.07, 6.45) is 6.81. The highest BCUT2D eigenvalue weighted by Gasteiger charge is 2.45. The van der Waals surface area contributed by atoms with Crippen LogP contribution in [0.5, 0.6) is 0 Å². The highest BCUT2D eigenvalue weighted by molar-refractivity contribution is 5.88. The van der Waals surface area contributed by atoms with Crippen molar-refractivity contribution in [3.63, 3.8) is 0 Å². The predicted octanol–water partition coefficient (Wildman–Crippen LogP) is 2.62. The fraction of sp³-hybridized carbons (Fsp3) is 0.722. The number of rotatable bonds is 6. The van der Waals surface area contributed by atoms with E-state index in [1.165, 1.54) is 0 Å². The van der Waals surface area contributed by atoms with Crippen LogP contribution in [-0.2, 0) is 14.3 Å². The van der Waals surface area contributed by atoms with Gasteiger partial charge in [-0.15, -0.1) is 0 Å². The number of hydrogen-bond donors (Lipinski definition) is 2. The first kappa shape index (κ1) is 22.8. The van der Waals surface area contributed by atoms with E-state index in [-0.39, 0.29) is 18.6 Å². The van der Waals surface area contributed by atoms with Gasteiger partial charge in [0.25, 0.3) is 6.26 Å². The standard InChI is InChI=1S/C17H27NO4.CHNO/c1-13-8-16(3,4)10-17(9-13,11-18-12-20)22-15(21)14(2)6-5-7-19;2-1-3/h6,13,19H,5,7-11H2,1-4H3;3H. The van der Waals surface area contributed by atoms with Crippen molar-refractivity contribution in [2.45, 2.75) is 59.0 Å². The molecule has 0 heterocycles. The van der Waals surface area contributed by atoms with Crippen LogP contribution in [0, 0.1) is 22.9 Å². The Morgan fingerprint density at radius 1 is 1.44 bits per heavy atom. The average molecular weight is 352 g/mol. The van der Waals surface area contributed by atoms with Gasteiger partial charge in [0.2, 0.25) is 6.08 Å². The molecule has 0 aromatic carbocycles. The van der Waals surface area contributed by atoms with Crippen LogP contribution in [-0.4, -0.2) is 41.0 Å². The molecular weight excluding hydrogens is 324 g/mol. The molecule has 2 atom stereocenters. The Bertz CT molecular complexity index is 558. The van der Waals surface area contributed by atoms with Crippen LogP contribution in [0.3, 0.4) is 0 Å². The van der Waals surface area contributed by atoms with E-state index in [4.69, 9.17) is 20.2 Å². The largest absolute Gasteiger partial charge is 0.454 e. The summed E-state index contributed by atoms with van der Waals surface area (Å²) in [7, 11) is 0. The summed E-state index contributed by atoms with van der Waals surface area (Å²) in [6.45, 7) is 8.24. The molecule has 0 aromatic heterocycles. The summed E-state index contributed by atoms with van der Waals surface area (Å²) < 4.78 is 5.78. The molecule has 1 saturated carbocycles. The number of aliphatic hydroxyl groups excluding tert-OH is 2. The first-order chi connectivity index (χ1) is 11.6. The van der Waals surface area contributed by atoms with Crippen molar-refractivity contribution in [1.29, 1.82) is 5.26 Å². The van der Waals surface area contributed by atoms with Crippen molar-refractivity contribution in [1.82, 2.24) is 0 Å². The minimum Gasteiger partial charge on any atom is -0.454 e. The third-order valence-corrected chi connectivity index (χ3v) is 4.06. The van der Waals surface area contributed by atoms with E-state index < -0.39 is 11.6 Å². The van der Waals surface area contributed by atoms with Crippen LogP contribution < -0.4 is 0 Å². The Morgan fingerprint density at radius 3 is 2.52 bits per heavy atom. The lowest BCUT2D eigenvalue weighted by molar-refractivity contribution is -0.163. The Balaban J connectivity index is 0.00000178. The smallest absolute Gasteiger partial charge is 0.334 e. The van der Waals surface area contributed by atoms with Gasteiger partial charge in [-0.25, -0.2) is 14.6 Å². The number of carbonyl (C=O) groups excluding carboxylic acids is 2. The quantitative estimate of drug-likeness (QED) is 0.249. The van der Waals surface area contributed by atoms with Gasteiger partial charge in [-0.3, -0.25) is 0 Å². The lowest BCUT2D eigenvalue weighted by atomic mass is 9.65. The maximum absolute atomic E-state index is 12.3. The second-order valence-corrected chi connectivity index (χ2v) is 7.33. The molecular formula is C18H28N2O5. The molecule has 0 amide bonds. The minimum atomic E-state index is -0.746. The van der Waals surface area contributed by atoms with Crippen molar-refractivity contribution in [3.8, 4) is 6.26 Å². The summed E-state index contributed by atoms with van der Waals surface area (Å²) in [5.41, 5.74) is -0.247. The zero-order valence-corrected chi connectivity index (χ0v) is 15.4. The average Bonchev–Trinajstić information content (AvgIpc) is 2.49. The molecule has 0 radical (unpaired) electrons. The number of aliphatic hydroxyl groups is 2. The molecule has 7 nitrogen and oxygen atoms in total. The molecule has 140 valence electrons. The second-order valence-electron chi connectivity index (χ2n) is 7.33. The first-order valence-electron chi connectivity index (χ1n) is 8.23. The van der Waals surface area contributed by atoms with Gasteiger partial charge in [0.15, 0.2) is 0 Å². The van der Waals surface area contributed by atoms with Crippen molar-refractivity contribution >= 4 is 12.0 Å². The number of esters is 1. The molecule has 7 heteroatoms. The molecule has 0 aromatic rings. The molecule has 1 aliphatic rings. The Morgan fingerprint density at radius 2 is 2.04 bits per heavy atom. The molecule has 0 bridgehead atoms. The number of carbonyl (C=O) groups is 1. The van der Waals surface area contributed by atoms with Gasteiger partial charge in [-0.05, 0) is 43.9 Å². The van der Waals surface area contributed by atoms with Gasteiger partial charge < -0.3 is 14.9 Å². The minimum absolute atomic E-state index is 0.00470. The normalized spacial score (nSPS) is 24.8. The van der Waals surface area contributed by atoms with Crippen molar-refractivity contribution < 1.29 is 24.5 Å². The van der Waals surface area contributed by atoms with E-state index >= 15 is 0 Å². The molecule has 2 unspecified atom stereocenters. The first-order valence-corrected chi connectivity index (χ1v) is 8.23. The molecule has 1 fully saturated rings. The highest BCUT2D eigenvalue weighted by Crippen LogP contribution is 2.46. The summed E-state index contributed by atoms with van der Waals surface area (Å²) in [5.74, 6) is -0.0143. The van der Waals surface area contributed by atoms with Gasteiger partial charge in [-0.1, -0.05) is 26.8 Å². The van der Waals surface area contributed by atoms with Crippen LogP contribution in [0.15, 0.2) is 16.6 Å². The Kier molecular flexibility index (Phi) is 9.73. The molecule has 1 aliphatic carbocycles. The monoisotopic (exact) mass is 352 g/mol. The molecule has 0 spiro atoms. The Hall–Kier alpha value is -2.16. The fourth-order valence-electron chi connectivity index (χ4n) is 3.72. The number of aliphatic imine (C=N–C) groups is 1. The van der Waals surface area contributed by atoms with Crippen molar-refractivity contribution in [3.05, 3.63) is 11.6 Å². The van der Waals surface area contributed by atoms with E-state index in [0.717, 1.165) is 12.7 Å². The Labute approximate surface area is 149 Å². The predicted molar refractivity (Wildman–Crippen MR) is 91.6 cm³/mol. The summed E-state index contributed by atoms with van der Waals surface area (Å²) in [5, 5.41) is 22.6. The zero-order valence-electron chi connectivity index (χ0n) is 15.4. The molecule has 1 rings (SSSR count). The zero-order chi connectivity index (χ0) is 19.5. The van der Waals surface area contributed by atoms with Crippen molar-refractivity contribution in [2.75, 3.05) is 13.2 Å². The fourth-order valence-corrected chi connectivity index (χ4v) is 3.72. The van der Waals surface area contributed by atoms with Crippen LogP contribution in [0.4, 0.5) is 0 Å². The third-order valence-electron chi connectivity index (χ3n) is 4.06. The van der Waals surface area contributed by atoms with Gasteiger partial charge in [0.1, 0.15) is 5.60 Å². The number of nitriles is 1. The topological polar surface area (TPSA) is 120 Å². The second kappa shape index (κ2) is 10.7. The van der Waals surface area contributed by atoms with Gasteiger partial charge in [0.05, 0.1) is 6.54 Å². The number of nitrogens with zero attached hydrogens (tertiary/aromatic N) is 2. The molecule has 2 N–H and O–H groups in total. The van der Waals surface area contributed by atoms with E-state index in [9.17, 15) is 9.59 Å². The number of hydrogen-bond acceptors (Lipinski definition) is 7. The van der Waals surface area contributed by atoms with Gasteiger partial charge in [0, 0.05) is 12.2 Å². The van der Waals surface area contributed by atoms with Gasteiger partial charge >= 0.3 is 5.97 Å². The van der Waals surface area contributed by atoms with E-state index in [1.54, 1.807) is 19.1 Å². The number of ether oxygens (including phenoxy) is 1. The molecule has 25 heavy (non-hydrogen) atoms. The van der Waals surface area contributed by atoms with Crippen molar-refractivity contribution in [2.24, 2.45) is 16.3 Å². The summed E-state index contributed by atoms with van der Waals surface area (Å²) in [6, 6.07) is 0. The van der Waals surface area contributed by atoms with Crippen LogP contribution in [0.2, 0.25) is 0 Å². The van der Waals surface area contributed by atoms with Crippen LogP contribution in [0.1, 0.15) is 53.4 Å². The highest BCUT2D eigenvalue weighted by atomic mass is 16.6. The molecule has 0 saturated heterocycles. The van der Waals surface area contributed by atoms with E-state index in [2.05, 4.69) is 25.8 Å². The number of isocyanates is 1. The maximum Gasteiger partial charge on any atom is 0.334 e. The lowest BCUT2D eigenvalue weighted by Crippen LogP contribution is -2.48. The summed E-state index contributed by atoms with van der Waals surface area (Å²) >= 11 is 0. The van der Waals surface area contributed by atoms with Gasteiger partial charge in [-0.2, -0.15) is 5.26 Å². The summed E-state index contributed by atoms with van der Waals surface area (Å²) in [4.78, 5) is 26.5. The van der Waals surface area contributed by atoms with Crippen LogP contribution in [0.25, 0.3) is 0 Å².